The minimum atomic E-state index is 0.502. The summed E-state index contributed by atoms with van der Waals surface area (Å²) in [5.41, 5.74) is 2.16. The van der Waals surface area contributed by atoms with E-state index in [1.54, 1.807) is 0 Å². The van der Waals surface area contributed by atoms with E-state index in [-0.39, 0.29) is 0 Å². The van der Waals surface area contributed by atoms with Crippen molar-refractivity contribution in [2.24, 2.45) is 5.92 Å². The Kier molecular flexibility index (Phi) is 8.03. The van der Waals surface area contributed by atoms with Gasteiger partial charge in [-0.2, -0.15) is 0 Å². The van der Waals surface area contributed by atoms with Gasteiger partial charge >= 0.3 is 0 Å². The Hall–Kier alpha value is -0.720. The summed E-state index contributed by atoms with van der Waals surface area (Å²) in [5.74, 6) is 0.502. The first kappa shape index (κ1) is 13.8. The van der Waals surface area contributed by atoms with Crippen LogP contribution in [0.15, 0.2) is 24.6 Å². The van der Waals surface area contributed by atoms with Gasteiger partial charge < -0.3 is 4.90 Å². The zero-order valence-electron chi connectivity index (χ0n) is 9.44. The third-order valence-electron chi connectivity index (χ3n) is 1.67. The van der Waals surface area contributed by atoms with Gasteiger partial charge in [-0.1, -0.05) is 40.9 Å². The third-order valence-corrected chi connectivity index (χ3v) is 1.67. The van der Waals surface area contributed by atoms with Crippen LogP contribution >= 0.6 is 0 Å². The lowest BCUT2D eigenvalue weighted by molar-refractivity contribution is 0.459. The van der Waals surface area contributed by atoms with Gasteiger partial charge in [-0.3, -0.25) is 0 Å². The monoisotopic (exact) mass is 169 g/mol. The molecule has 0 rings (SSSR count). The predicted octanol–water partition coefficient (Wildman–Crippen LogP) is 3.65. The molecule has 0 atom stereocenters. The van der Waals surface area contributed by atoms with E-state index in [2.05, 4.69) is 27.0 Å². The first-order chi connectivity index (χ1) is 5.46. The van der Waals surface area contributed by atoms with Crippen molar-refractivity contribution in [1.29, 1.82) is 0 Å². The molecule has 0 aromatic rings. The van der Waals surface area contributed by atoms with Crippen LogP contribution in [0.3, 0.4) is 0 Å². The number of allylic oxidation sites excluding steroid dienone is 2. The van der Waals surface area contributed by atoms with Crippen molar-refractivity contribution < 1.29 is 0 Å². The molecule has 0 saturated heterocycles. The molecule has 0 spiro atoms. The molecule has 1 heteroatoms. The average molecular weight is 169 g/mol. The van der Waals surface area contributed by atoms with Crippen molar-refractivity contribution in [2.45, 2.75) is 34.6 Å². The summed E-state index contributed by atoms with van der Waals surface area (Å²) < 4.78 is 0. The van der Waals surface area contributed by atoms with Crippen LogP contribution in [-0.2, 0) is 0 Å². The van der Waals surface area contributed by atoms with Gasteiger partial charge in [0.05, 0.1) is 0 Å². The Balaban J connectivity index is 0. The maximum atomic E-state index is 3.94. The maximum Gasteiger partial charge on any atom is 0.0127 e. The lowest BCUT2D eigenvalue weighted by Gasteiger charge is -2.24. The highest BCUT2D eigenvalue weighted by molar-refractivity contribution is 5.05. The molecule has 0 heterocycles. The summed E-state index contributed by atoms with van der Waals surface area (Å²) in [6.45, 7) is 18.0. The summed E-state index contributed by atoms with van der Waals surface area (Å²) in [7, 11) is 1.99. The van der Waals surface area contributed by atoms with E-state index < -0.39 is 0 Å². The average Bonchev–Trinajstić information content (AvgIpc) is 2.05. The topological polar surface area (TPSA) is 3.24 Å². The van der Waals surface area contributed by atoms with Gasteiger partial charge in [0.25, 0.3) is 0 Å². The lowest BCUT2D eigenvalue weighted by Crippen LogP contribution is -2.17. The molecule has 0 aliphatic heterocycles. The Morgan fingerprint density at radius 2 is 1.50 bits per heavy atom. The fourth-order valence-electron chi connectivity index (χ4n) is 0.632. The smallest absolute Gasteiger partial charge is 0.0127 e. The van der Waals surface area contributed by atoms with Crippen molar-refractivity contribution in [3.63, 3.8) is 0 Å². The van der Waals surface area contributed by atoms with E-state index in [4.69, 9.17) is 0 Å². The Morgan fingerprint density at radius 1 is 1.17 bits per heavy atom. The lowest BCUT2D eigenvalue weighted by atomic mass is 10.1. The van der Waals surface area contributed by atoms with Crippen molar-refractivity contribution >= 4 is 0 Å². The van der Waals surface area contributed by atoms with E-state index in [0.29, 0.717) is 5.92 Å². The quantitative estimate of drug-likeness (QED) is 0.623. The Morgan fingerprint density at radius 3 is 1.58 bits per heavy atom. The van der Waals surface area contributed by atoms with Crippen molar-refractivity contribution in [2.75, 3.05) is 7.05 Å². The van der Waals surface area contributed by atoms with E-state index in [1.165, 1.54) is 0 Å². The number of hydrogen-bond donors (Lipinski definition) is 0. The molecule has 0 N–H and O–H groups in total. The fraction of sp³-hybridized carbons (Fsp3) is 0.636. The fourth-order valence-corrected chi connectivity index (χ4v) is 0.632. The zero-order valence-corrected chi connectivity index (χ0v) is 9.44. The molecule has 12 heavy (non-hydrogen) atoms. The molecular formula is C11H23N. The van der Waals surface area contributed by atoms with Crippen molar-refractivity contribution in [3.8, 4) is 0 Å². The second-order valence-electron chi connectivity index (χ2n) is 2.94. The minimum Gasteiger partial charge on any atom is -0.353 e. The van der Waals surface area contributed by atoms with E-state index in [0.717, 1.165) is 11.4 Å². The summed E-state index contributed by atoms with van der Waals surface area (Å²) in [6, 6.07) is 0. The summed E-state index contributed by atoms with van der Waals surface area (Å²) in [6.07, 6.45) is 0. The second-order valence-corrected chi connectivity index (χ2v) is 2.94. The van der Waals surface area contributed by atoms with E-state index in [9.17, 15) is 0 Å². The van der Waals surface area contributed by atoms with Crippen LogP contribution in [0.2, 0.25) is 0 Å². The summed E-state index contributed by atoms with van der Waals surface area (Å²) in [4.78, 5) is 2.02. The minimum absolute atomic E-state index is 0.502. The molecule has 0 aliphatic carbocycles. The normalized spacial score (nSPS) is 8.58. The van der Waals surface area contributed by atoms with Crippen LogP contribution in [0.25, 0.3) is 0 Å². The third kappa shape index (κ3) is 5.00. The predicted molar refractivity (Wildman–Crippen MR) is 57.9 cm³/mol. The highest BCUT2D eigenvalue weighted by Gasteiger charge is 2.05. The van der Waals surface area contributed by atoms with Crippen molar-refractivity contribution in [1.82, 2.24) is 4.90 Å². The first-order valence-corrected chi connectivity index (χ1v) is 4.54. The first-order valence-electron chi connectivity index (χ1n) is 4.54. The summed E-state index contributed by atoms with van der Waals surface area (Å²) in [5, 5.41) is 0. The second kappa shape index (κ2) is 6.96. The Bertz CT molecular complexity index is 145. The van der Waals surface area contributed by atoms with E-state index >= 15 is 0 Å². The van der Waals surface area contributed by atoms with Crippen LogP contribution in [0.5, 0.6) is 0 Å². The molecule has 0 saturated carbocycles. The van der Waals surface area contributed by atoms with Crippen molar-refractivity contribution in [3.05, 3.63) is 24.6 Å². The van der Waals surface area contributed by atoms with Gasteiger partial charge in [0, 0.05) is 18.4 Å². The molecule has 72 valence electrons. The molecule has 0 aromatic heterocycles. The number of hydrogen-bond acceptors (Lipinski definition) is 1. The van der Waals surface area contributed by atoms with Crippen LogP contribution in [0.1, 0.15) is 34.6 Å². The highest BCUT2D eigenvalue weighted by Crippen LogP contribution is 2.14. The van der Waals surface area contributed by atoms with Crippen LogP contribution in [0, 0.1) is 5.92 Å². The van der Waals surface area contributed by atoms with Crippen LogP contribution in [0.4, 0.5) is 0 Å². The number of nitrogens with zero attached hydrogens (tertiary/aromatic N) is 1. The van der Waals surface area contributed by atoms with Gasteiger partial charge in [-0.25, -0.2) is 0 Å². The van der Waals surface area contributed by atoms with E-state index in [1.807, 2.05) is 32.7 Å². The van der Waals surface area contributed by atoms with Gasteiger partial charge in [0.15, 0.2) is 0 Å². The van der Waals surface area contributed by atoms with Gasteiger partial charge in [-0.05, 0) is 12.8 Å². The highest BCUT2D eigenvalue weighted by atomic mass is 15.1. The molecule has 1 nitrogen and oxygen atoms in total. The largest absolute Gasteiger partial charge is 0.353 e. The SMILES string of the molecule is C=C(C)N(C)C(=C)C(C)C.CC. The molecule has 0 amide bonds. The van der Waals surface area contributed by atoms with Gasteiger partial charge in [0.2, 0.25) is 0 Å². The molecule has 0 unspecified atom stereocenters. The Labute approximate surface area is 77.8 Å². The molecular weight excluding hydrogens is 146 g/mol. The zero-order chi connectivity index (χ0) is 10.3. The van der Waals surface area contributed by atoms with Crippen LogP contribution in [-0.4, -0.2) is 11.9 Å². The van der Waals surface area contributed by atoms with Crippen LogP contribution < -0.4 is 0 Å². The van der Waals surface area contributed by atoms with Gasteiger partial charge in [-0.15, -0.1) is 0 Å². The molecule has 0 fully saturated rings. The molecule has 0 aromatic carbocycles. The number of rotatable bonds is 3. The standard InChI is InChI=1S/C9H17N.C2H6/c1-7(2)9(5)10(6)8(3)4;1-2/h7H,3,5H2,1-2,4,6H3;1-2H3. The van der Waals surface area contributed by atoms with Gasteiger partial charge in [0.1, 0.15) is 0 Å². The molecule has 0 aliphatic rings. The molecule has 0 radical (unpaired) electrons. The maximum absolute atomic E-state index is 3.94. The summed E-state index contributed by atoms with van der Waals surface area (Å²) >= 11 is 0. The molecule has 0 bridgehead atoms.